The molecule has 1 saturated heterocycles. The first-order chi connectivity index (χ1) is 16.4. The zero-order valence-corrected chi connectivity index (χ0v) is 19.9. The zero-order valence-electron chi connectivity index (χ0n) is 18.4. The van der Waals surface area contributed by atoms with E-state index in [0.717, 1.165) is 33.0 Å². The van der Waals surface area contributed by atoms with Crippen molar-refractivity contribution in [2.75, 3.05) is 20.8 Å². The van der Waals surface area contributed by atoms with Crippen molar-refractivity contribution in [1.29, 1.82) is 0 Å². The third-order valence-electron chi connectivity index (χ3n) is 5.19. The maximum Gasteiger partial charge on any atom is 0.325 e. The lowest BCUT2D eigenvalue weighted by molar-refractivity contribution is -0.143. The van der Waals surface area contributed by atoms with E-state index in [9.17, 15) is 14.4 Å². The summed E-state index contributed by atoms with van der Waals surface area (Å²) in [5.41, 5.74) is 1.54. The van der Waals surface area contributed by atoms with Gasteiger partial charge in [0.2, 0.25) is 0 Å². The molecule has 1 aliphatic heterocycles. The number of methoxy groups -OCH3 is 2. The molecule has 1 aliphatic rings. The first-order valence-electron chi connectivity index (χ1n) is 10.2. The van der Waals surface area contributed by atoms with E-state index in [1.54, 1.807) is 12.1 Å². The Bertz CT molecular complexity index is 1320. The van der Waals surface area contributed by atoms with Crippen LogP contribution in [0, 0.1) is 0 Å². The second kappa shape index (κ2) is 10.2. The molecule has 0 spiro atoms. The van der Waals surface area contributed by atoms with Crippen molar-refractivity contribution in [3.05, 3.63) is 75.7 Å². The minimum Gasteiger partial charge on any atom is -0.493 e. The molecule has 0 aromatic heterocycles. The normalized spacial score (nSPS) is 14.7. The van der Waals surface area contributed by atoms with Crippen LogP contribution in [0.25, 0.3) is 16.8 Å². The van der Waals surface area contributed by atoms with E-state index in [0.29, 0.717) is 22.1 Å². The van der Waals surface area contributed by atoms with E-state index >= 15 is 0 Å². The molecular weight excluding hydrogens is 478 g/mol. The SMILES string of the molecule is COC(=O)CN1C(=O)S/C(=C\c2cc(Cl)c(OCc3cccc4ccccc34)c(OC)c2)C1=O. The molecule has 3 aromatic carbocycles. The molecule has 0 bridgehead atoms. The minimum absolute atomic E-state index is 0.163. The van der Waals surface area contributed by atoms with Gasteiger partial charge in [-0.15, -0.1) is 0 Å². The number of hydrogen-bond donors (Lipinski definition) is 0. The van der Waals surface area contributed by atoms with Crippen molar-refractivity contribution >= 4 is 57.3 Å². The van der Waals surface area contributed by atoms with Gasteiger partial charge in [0.15, 0.2) is 11.5 Å². The number of benzene rings is 3. The van der Waals surface area contributed by atoms with Gasteiger partial charge in [0, 0.05) is 0 Å². The number of halogens is 1. The second-order valence-electron chi connectivity index (χ2n) is 7.31. The van der Waals surface area contributed by atoms with Crippen LogP contribution in [-0.4, -0.2) is 42.8 Å². The lowest BCUT2D eigenvalue weighted by Crippen LogP contribution is -2.34. The van der Waals surface area contributed by atoms with Crippen LogP contribution >= 0.6 is 23.4 Å². The third-order valence-corrected chi connectivity index (χ3v) is 6.38. The molecule has 0 atom stereocenters. The third kappa shape index (κ3) is 4.88. The van der Waals surface area contributed by atoms with Crippen LogP contribution in [0.2, 0.25) is 5.02 Å². The molecule has 7 nitrogen and oxygen atoms in total. The summed E-state index contributed by atoms with van der Waals surface area (Å²) in [5.74, 6) is -0.506. The van der Waals surface area contributed by atoms with Gasteiger partial charge in [0.05, 0.1) is 24.1 Å². The fourth-order valence-electron chi connectivity index (χ4n) is 3.51. The van der Waals surface area contributed by atoms with Crippen LogP contribution in [0.4, 0.5) is 4.79 Å². The van der Waals surface area contributed by atoms with Crippen LogP contribution in [0.1, 0.15) is 11.1 Å². The molecule has 0 unspecified atom stereocenters. The maximum atomic E-state index is 12.6. The van der Waals surface area contributed by atoms with Gasteiger partial charge in [0.1, 0.15) is 13.2 Å². The van der Waals surface area contributed by atoms with E-state index in [4.69, 9.17) is 21.1 Å². The summed E-state index contributed by atoms with van der Waals surface area (Å²) in [7, 11) is 2.68. The van der Waals surface area contributed by atoms with E-state index in [1.165, 1.54) is 20.3 Å². The molecule has 1 fully saturated rings. The van der Waals surface area contributed by atoms with Gasteiger partial charge in [-0.1, -0.05) is 54.1 Å². The Morgan fingerprint density at radius 1 is 1.09 bits per heavy atom. The Balaban J connectivity index is 1.57. The standard InChI is InChI=1S/C25H20ClNO6S/c1-31-20-11-15(12-21-24(29)27(25(30)34-21)13-22(28)32-2)10-19(26)23(20)33-14-17-8-5-7-16-6-3-4-9-18(16)17/h3-12H,13-14H2,1-2H3/b21-12-. The number of thioether (sulfide) groups is 1. The quantitative estimate of drug-likeness (QED) is 0.324. The van der Waals surface area contributed by atoms with Crippen LogP contribution in [-0.2, 0) is 20.9 Å². The molecule has 0 aliphatic carbocycles. The maximum absolute atomic E-state index is 12.6. The van der Waals surface area contributed by atoms with E-state index in [-0.39, 0.29) is 11.5 Å². The average Bonchev–Trinajstić information content (AvgIpc) is 3.10. The van der Waals surface area contributed by atoms with E-state index in [2.05, 4.69) is 4.74 Å². The summed E-state index contributed by atoms with van der Waals surface area (Å²) in [6.45, 7) is -0.160. The highest BCUT2D eigenvalue weighted by atomic mass is 35.5. The minimum atomic E-state index is -0.680. The summed E-state index contributed by atoms with van der Waals surface area (Å²) in [6, 6.07) is 17.3. The summed E-state index contributed by atoms with van der Waals surface area (Å²) in [6.07, 6.45) is 1.52. The number of carbonyl (C=O) groups is 3. The lowest BCUT2D eigenvalue weighted by atomic mass is 10.1. The van der Waals surface area contributed by atoms with Gasteiger partial charge in [-0.05, 0) is 51.9 Å². The van der Waals surface area contributed by atoms with Gasteiger partial charge in [-0.25, -0.2) is 0 Å². The Morgan fingerprint density at radius 2 is 1.85 bits per heavy atom. The van der Waals surface area contributed by atoms with E-state index in [1.807, 2.05) is 42.5 Å². The van der Waals surface area contributed by atoms with Crippen molar-refractivity contribution in [2.24, 2.45) is 0 Å². The molecule has 2 amide bonds. The van der Waals surface area contributed by atoms with Crippen LogP contribution in [0.15, 0.2) is 59.5 Å². The fourth-order valence-corrected chi connectivity index (χ4v) is 4.62. The molecule has 0 radical (unpaired) electrons. The van der Waals surface area contributed by atoms with Gasteiger partial charge < -0.3 is 14.2 Å². The molecule has 3 aromatic rings. The number of carbonyl (C=O) groups excluding carboxylic acids is 3. The molecule has 0 N–H and O–H groups in total. The largest absolute Gasteiger partial charge is 0.493 e. The van der Waals surface area contributed by atoms with Gasteiger partial charge >= 0.3 is 5.97 Å². The topological polar surface area (TPSA) is 82.1 Å². The fraction of sp³-hybridized carbons (Fsp3) is 0.160. The number of imide groups is 1. The summed E-state index contributed by atoms with van der Waals surface area (Å²) >= 11 is 7.24. The molecule has 4 rings (SSSR count). The highest BCUT2D eigenvalue weighted by molar-refractivity contribution is 8.18. The second-order valence-corrected chi connectivity index (χ2v) is 8.71. The van der Waals surface area contributed by atoms with Gasteiger partial charge in [-0.2, -0.15) is 0 Å². The predicted molar refractivity (Wildman–Crippen MR) is 131 cm³/mol. The average molecular weight is 498 g/mol. The molecule has 34 heavy (non-hydrogen) atoms. The molecule has 174 valence electrons. The monoisotopic (exact) mass is 497 g/mol. The van der Waals surface area contributed by atoms with Gasteiger partial charge in [0.25, 0.3) is 11.1 Å². The smallest absolute Gasteiger partial charge is 0.325 e. The van der Waals surface area contributed by atoms with Crippen molar-refractivity contribution in [1.82, 2.24) is 4.90 Å². The number of amides is 2. The van der Waals surface area contributed by atoms with Gasteiger partial charge in [-0.3, -0.25) is 19.3 Å². The van der Waals surface area contributed by atoms with Crippen molar-refractivity contribution < 1.29 is 28.6 Å². The van der Waals surface area contributed by atoms with Crippen molar-refractivity contribution in [3.63, 3.8) is 0 Å². The zero-order chi connectivity index (χ0) is 24.2. The summed E-state index contributed by atoms with van der Waals surface area (Å²) in [4.78, 5) is 37.2. The number of fused-ring (bicyclic) bond motifs is 1. The number of rotatable bonds is 7. The first kappa shape index (κ1) is 23.7. The van der Waals surface area contributed by atoms with Crippen LogP contribution < -0.4 is 9.47 Å². The Labute approximate surface area is 205 Å². The Morgan fingerprint density at radius 3 is 2.62 bits per heavy atom. The van der Waals surface area contributed by atoms with Crippen molar-refractivity contribution in [2.45, 2.75) is 6.61 Å². The molecule has 0 saturated carbocycles. The highest BCUT2D eigenvalue weighted by Crippen LogP contribution is 2.39. The highest BCUT2D eigenvalue weighted by Gasteiger charge is 2.36. The Hall–Kier alpha value is -3.49. The van der Waals surface area contributed by atoms with E-state index < -0.39 is 23.7 Å². The number of ether oxygens (including phenoxy) is 3. The lowest BCUT2D eigenvalue weighted by Gasteiger charge is -2.14. The molecule has 1 heterocycles. The Kier molecular flexibility index (Phi) is 7.09. The molecule has 9 heteroatoms. The predicted octanol–water partition coefficient (Wildman–Crippen LogP) is 5.29. The number of esters is 1. The van der Waals surface area contributed by atoms with Crippen molar-refractivity contribution in [3.8, 4) is 11.5 Å². The molecular formula is C25H20ClNO6S. The number of hydrogen-bond acceptors (Lipinski definition) is 7. The van der Waals surface area contributed by atoms with Crippen LogP contribution in [0.5, 0.6) is 11.5 Å². The summed E-state index contributed by atoms with van der Waals surface area (Å²) < 4.78 is 16.0. The summed E-state index contributed by atoms with van der Waals surface area (Å²) in [5, 5.41) is 1.94. The first-order valence-corrected chi connectivity index (χ1v) is 11.4. The van der Waals surface area contributed by atoms with Crippen LogP contribution in [0.3, 0.4) is 0 Å². The number of nitrogens with zero attached hydrogens (tertiary/aromatic N) is 1.